The first-order chi connectivity index (χ1) is 12.5. The molecule has 0 saturated carbocycles. The van der Waals surface area contributed by atoms with Crippen LogP contribution in [-0.4, -0.2) is 55.9 Å². The molecule has 26 heavy (non-hydrogen) atoms. The van der Waals surface area contributed by atoms with Gasteiger partial charge in [0.05, 0.1) is 11.4 Å². The molecule has 9 heteroatoms. The Hall–Kier alpha value is -2.84. The number of carbonyl (C=O) groups is 1. The van der Waals surface area contributed by atoms with Gasteiger partial charge in [0, 0.05) is 32.5 Å². The molecule has 0 bridgehead atoms. The fourth-order valence-corrected chi connectivity index (χ4v) is 3.75. The molecule has 2 aliphatic rings. The molecular formula is C17H24N8O. The highest BCUT2D eigenvalue weighted by molar-refractivity contribution is 5.81. The van der Waals surface area contributed by atoms with Crippen molar-refractivity contribution in [3.8, 4) is 0 Å². The molecule has 0 unspecified atom stereocenters. The summed E-state index contributed by atoms with van der Waals surface area (Å²) in [5, 5.41) is 6.69. The second-order valence-electron chi connectivity index (χ2n) is 7.11. The van der Waals surface area contributed by atoms with Gasteiger partial charge in [-0.1, -0.05) is 6.58 Å². The number of aryl methyl sites for hydroxylation is 1. The van der Waals surface area contributed by atoms with Crippen molar-refractivity contribution in [3.05, 3.63) is 24.6 Å². The highest BCUT2D eigenvalue weighted by atomic mass is 16.2. The lowest BCUT2D eigenvalue weighted by Gasteiger charge is -2.39. The number of hydrogen-bond acceptors (Lipinski definition) is 7. The summed E-state index contributed by atoms with van der Waals surface area (Å²) >= 11 is 0. The van der Waals surface area contributed by atoms with Crippen LogP contribution >= 0.6 is 0 Å². The average Bonchev–Trinajstić information content (AvgIpc) is 3.20. The molecule has 1 spiro atoms. The summed E-state index contributed by atoms with van der Waals surface area (Å²) < 4.78 is 0. The molecule has 1 amide bonds. The van der Waals surface area contributed by atoms with E-state index in [0.717, 1.165) is 50.5 Å². The zero-order chi connectivity index (χ0) is 18.1. The fraction of sp³-hybridized carbons (Fsp3) is 0.529. The van der Waals surface area contributed by atoms with Gasteiger partial charge in [-0.2, -0.15) is 0 Å². The van der Waals surface area contributed by atoms with Gasteiger partial charge in [-0.25, -0.2) is 15.0 Å². The van der Waals surface area contributed by atoms with Gasteiger partial charge in [0.15, 0.2) is 11.5 Å². The largest absolute Gasteiger partial charge is 0.382 e. The Morgan fingerprint density at radius 2 is 2.15 bits per heavy atom. The first kappa shape index (κ1) is 16.6. The number of amides is 1. The zero-order valence-corrected chi connectivity index (χ0v) is 14.7. The predicted molar refractivity (Wildman–Crippen MR) is 97.9 cm³/mol. The number of nitrogens with one attached hydrogen (secondary N) is 3. The van der Waals surface area contributed by atoms with E-state index < -0.39 is 0 Å². The Labute approximate surface area is 151 Å². The van der Waals surface area contributed by atoms with Gasteiger partial charge in [0.1, 0.15) is 17.7 Å². The zero-order valence-electron chi connectivity index (χ0n) is 14.7. The molecule has 138 valence electrons. The Morgan fingerprint density at radius 3 is 2.85 bits per heavy atom. The SMILES string of the molecule is C=C1NCC2(CCN(C(=O)CCCc3nc4c(N)ncnc4[nH]3)CC2)N1. The summed E-state index contributed by atoms with van der Waals surface area (Å²) in [5.41, 5.74) is 7.10. The topological polar surface area (TPSA) is 125 Å². The molecule has 9 nitrogen and oxygen atoms in total. The number of aromatic nitrogens is 4. The fourth-order valence-electron chi connectivity index (χ4n) is 3.75. The van der Waals surface area contributed by atoms with Gasteiger partial charge in [0.25, 0.3) is 0 Å². The van der Waals surface area contributed by atoms with Crippen LogP contribution in [0.25, 0.3) is 11.2 Å². The number of carbonyl (C=O) groups excluding carboxylic acids is 1. The molecule has 5 N–H and O–H groups in total. The summed E-state index contributed by atoms with van der Waals surface area (Å²) in [6.07, 6.45) is 5.26. The monoisotopic (exact) mass is 356 g/mol. The Kier molecular flexibility index (Phi) is 4.14. The number of imidazole rings is 1. The third kappa shape index (κ3) is 3.16. The van der Waals surface area contributed by atoms with Crippen molar-refractivity contribution < 1.29 is 4.79 Å². The minimum absolute atomic E-state index is 0.0725. The van der Waals surface area contributed by atoms with Crippen LogP contribution in [0.15, 0.2) is 18.7 Å². The number of likely N-dealkylation sites (tertiary alicyclic amines) is 1. The standard InChI is InChI=1S/C17H24N8O/c1-11-19-9-17(24-11)5-7-25(8-6-17)13(26)4-2-3-12-22-14-15(18)20-10-21-16(14)23-12/h10,19,24H,1-9H2,(H3,18,20,21,22,23). The van der Waals surface area contributed by atoms with Crippen molar-refractivity contribution in [2.24, 2.45) is 0 Å². The molecule has 4 rings (SSSR count). The summed E-state index contributed by atoms with van der Waals surface area (Å²) in [6.45, 7) is 6.39. The van der Waals surface area contributed by atoms with E-state index in [1.165, 1.54) is 6.33 Å². The van der Waals surface area contributed by atoms with E-state index in [9.17, 15) is 4.79 Å². The Morgan fingerprint density at radius 1 is 1.35 bits per heavy atom. The van der Waals surface area contributed by atoms with Gasteiger partial charge in [-0.15, -0.1) is 0 Å². The first-order valence-corrected chi connectivity index (χ1v) is 8.98. The first-order valence-electron chi connectivity index (χ1n) is 8.98. The Bertz CT molecular complexity index is 836. The molecule has 0 aliphatic carbocycles. The lowest BCUT2D eigenvalue weighted by Crippen LogP contribution is -2.53. The van der Waals surface area contributed by atoms with E-state index in [2.05, 4.69) is 37.1 Å². The smallest absolute Gasteiger partial charge is 0.222 e. The highest BCUT2D eigenvalue weighted by Gasteiger charge is 2.39. The predicted octanol–water partition coefficient (Wildman–Crippen LogP) is 0.283. The number of nitrogen functional groups attached to an aromatic ring is 1. The van der Waals surface area contributed by atoms with Crippen molar-refractivity contribution in [1.29, 1.82) is 0 Å². The van der Waals surface area contributed by atoms with Crippen molar-refractivity contribution in [1.82, 2.24) is 35.5 Å². The number of fused-ring (bicyclic) bond motifs is 1. The van der Waals surface area contributed by atoms with E-state index in [1.54, 1.807) is 0 Å². The lowest BCUT2D eigenvalue weighted by molar-refractivity contribution is -0.132. The molecule has 0 atom stereocenters. The van der Waals surface area contributed by atoms with Crippen LogP contribution in [0.1, 0.15) is 31.5 Å². The summed E-state index contributed by atoms with van der Waals surface area (Å²) in [5.74, 6) is 2.26. The third-order valence-corrected chi connectivity index (χ3v) is 5.29. The third-order valence-electron chi connectivity index (χ3n) is 5.29. The lowest BCUT2D eigenvalue weighted by atomic mass is 9.88. The number of rotatable bonds is 4. The molecule has 0 radical (unpaired) electrons. The number of H-pyrrole nitrogens is 1. The van der Waals surface area contributed by atoms with Crippen molar-refractivity contribution in [3.63, 3.8) is 0 Å². The normalized spacial score (nSPS) is 18.9. The molecule has 2 aromatic heterocycles. The minimum atomic E-state index is 0.0725. The molecule has 2 fully saturated rings. The van der Waals surface area contributed by atoms with Gasteiger partial charge in [-0.3, -0.25) is 4.79 Å². The van der Waals surface area contributed by atoms with E-state index in [0.29, 0.717) is 29.8 Å². The minimum Gasteiger partial charge on any atom is -0.382 e. The van der Waals surface area contributed by atoms with Crippen LogP contribution in [0, 0.1) is 0 Å². The molecular weight excluding hydrogens is 332 g/mol. The van der Waals surface area contributed by atoms with Crippen LogP contribution in [0.5, 0.6) is 0 Å². The van der Waals surface area contributed by atoms with Crippen LogP contribution in [0.4, 0.5) is 5.82 Å². The number of nitrogens with zero attached hydrogens (tertiary/aromatic N) is 4. The molecule has 2 aliphatic heterocycles. The second-order valence-corrected chi connectivity index (χ2v) is 7.11. The number of nitrogens with two attached hydrogens (primary N) is 1. The highest BCUT2D eigenvalue weighted by Crippen LogP contribution is 2.26. The van der Waals surface area contributed by atoms with Crippen molar-refractivity contribution in [2.75, 3.05) is 25.4 Å². The second kappa shape index (κ2) is 6.47. The van der Waals surface area contributed by atoms with Crippen LogP contribution in [0.2, 0.25) is 0 Å². The van der Waals surface area contributed by atoms with Crippen LogP contribution < -0.4 is 16.4 Å². The molecule has 0 aromatic carbocycles. The van der Waals surface area contributed by atoms with Crippen LogP contribution in [0.3, 0.4) is 0 Å². The maximum atomic E-state index is 12.5. The molecule has 4 heterocycles. The summed E-state index contributed by atoms with van der Waals surface area (Å²) in [4.78, 5) is 30.1. The Balaban J connectivity index is 1.26. The van der Waals surface area contributed by atoms with Gasteiger partial charge in [0.2, 0.25) is 5.91 Å². The molecule has 2 aromatic rings. The summed E-state index contributed by atoms with van der Waals surface area (Å²) in [7, 11) is 0. The van der Waals surface area contributed by atoms with Crippen LogP contribution in [-0.2, 0) is 11.2 Å². The van der Waals surface area contributed by atoms with E-state index in [4.69, 9.17) is 5.73 Å². The van der Waals surface area contributed by atoms with Gasteiger partial charge >= 0.3 is 0 Å². The molecule has 2 saturated heterocycles. The van der Waals surface area contributed by atoms with E-state index >= 15 is 0 Å². The number of anilines is 1. The van der Waals surface area contributed by atoms with Gasteiger partial charge in [-0.05, 0) is 19.3 Å². The quantitative estimate of drug-likeness (QED) is 0.620. The maximum absolute atomic E-state index is 12.5. The van der Waals surface area contributed by atoms with E-state index in [1.807, 2.05) is 4.90 Å². The van der Waals surface area contributed by atoms with Crippen molar-refractivity contribution >= 4 is 22.9 Å². The number of hydrogen-bond donors (Lipinski definition) is 4. The number of piperidine rings is 1. The van der Waals surface area contributed by atoms with Crippen molar-refractivity contribution in [2.45, 2.75) is 37.6 Å². The maximum Gasteiger partial charge on any atom is 0.222 e. The van der Waals surface area contributed by atoms with Gasteiger partial charge < -0.3 is 26.3 Å². The number of aromatic amines is 1. The average molecular weight is 356 g/mol. The summed E-state index contributed by atoms with van der Waals surface area (Å²) in [6, 6.07) is 0. The van der Waals surface area contributed by atoms with E-state index in [-0.39, 0.29) is 11.4 Å².